The Balaban J connectivity index is 1.58. The van der Waals surface area contributed by atoms with E-state index in [9.17, 15) is 22.8 Å². The molecular formula is C24H17F3N6O3. The molecule has 2 amide bonds. The second kappa shape index (κ2) is 8.73. The molecule has 36 heavy (non-hydrogen) atoms. The quantitative estimate of drug-likeness (QED) is 0.286. The zero-order chi connectivity index (χ0) is 25.4. The monoisotopic (exact) mass is 494 g/mol. The molecule has 0 bridgehead atoms. The first-order valence-electron chi connectivity index (χ1n) is 10.6. The Morgan fingerprint density at radius 3 is 2.58 bits per heavy atom. The number of hydrogen-bond acceptors (Lipinski definition) is 5. The highest BCUT2D eigenvalue weighted by Gasteiger charge is 2.32. The molecule has 2 heterocycles. The maximum atomic E-state index is 13.1. The molecule has 9 nitrogen and oxygen atoms in total. The van der Waals surface area contributed by atoms with E-state index in [1.807, 2.05) is 0 Å². The van der Waals surface area contributed by atoms with Gasteiger partial charge in [-0.3, -0.25) is 10.1 Å². The van der Waals surface area contributed by atoms with Crippen LogP contribution in [0.4, 0.5) is 23.9 Å². The average molecular weight is 494 g/mol. The summed E-state index contributed by atoms with van der Waals surface area (Å²) in [4.78, 5) is 30.2. The number of imidazole rings is 1. The van der Waals surface area contributed by atoms with Crippen LogP contribution in [0.25, 0.3) is 32.9 Å². The third kappa shape index (κ3) is 4.69. The Bertz CT molecular complexity index is 1680. The van der Waals surface area contributed by atoms with Gasteiger partial charge in [-0.25, -0.2) is 14.9 Å². The molecule has 3 aromatic carbocycles. The number of aromatic nitrogens is 4. The van der Waals surface area contributed by atoms with E-state index < -0.39 is 12.4 Å². The van der Waals surface area contributed by atoms with Gasteiger partial charge in [-0.1, -0.05) is 30.3 Å². The number of aromatic amines is 2. The number of nitrogens with zero attached hydrogens (tertiary/aromatic N) is 2. The summed E-state index contributed by atoms with van der Waals surface area (Å²) in [5.74, 6) is -0.286. The van der Waals surface area contributed by atoms with E-state index >= 15 is 0 Å². The Kier molecular flexibility index (Phi) is 5.55. The fraction of sp³-hybridized carbons (Fsp3) is 0.0833. The van der Waals surface area contributed by atoms with Crippen LogP contribution >= 0.6 is 0 Å². The Morgan fingerprint density at radius 1 is 1.06 bits per heavy atom. The first-order valence-corrected chi connectivity index (χ1v) is 10.6. The lowest BCUT2D eigenvalue weighted by Crippen LogP contribution is -2.19. The van der Waals surface area contributed by atoms with Gasteiger partial charge in [-0.05, 0) is 41.5 Å². The van der Waals surface area contributed by atoms with Gasteiger partial charge in [0, 0.05) is 17.4 Å². The standard InChI is InChI=1S/C24H17F3N6O3/c25-24(26,27)36-20-8-5-12(10-18-14-3-1-2-4-15(14)21(34)33-32-18)9-16(20)13-6-7-17-19(11-13)30-23(29-17)31-22(28)35/h1-9,11H,10H2,(H,33,34)(H4,28,29,30,31,35). The lowest BCUT2D eigenvalue weighted by atomic mass is 9.98. The summed E-state index contributed by atoms with van der Waals surface area (Å²) in [5.41, 5.74) is 7.52. The molecular weight excluding hydrogens is 477 g/mol. The number of fused-ring (bicyclic) bond motifs is 2. The first-order chi connectivity index (χ1) is 17.2. The van der Waals surface area contributed by atoms with Crippen molar-refractivity contribution in [1.82, 2.24) is 20.2 Å². The van der Waals surface area contributed by atoms with Gasteiger partial charge in [0.2, 0.25) is 5.95 Å². The van der Waals surface area contributed by atoms with Crippen LogP contribution in [0.5, 0.6) is 5.75 Å². The fourth-order valence-electron chi connectivity index (χ4n) is 3.98. The highest BCUT2D eigenvalue weighted by atomic mass is 19.4. The van der Waals surface area contributed by atoms with Crippen molar-refractivity contribution in [3.8, 4) is 16.9 Å². The second-order valence-corrected chi connectivity index (χ2v) is 7.91. The maximum absolute atomic E-state index is 13.1. The molecule has 0 aliphatic rings. The Hall–Kier alpha value is -4.87. The minimum atomic E-state index is -4.90. The number of hydrogen-bond donors (Lipinski definition) is 4. The maximum Gasteiger partial charge on any atom is 0.573 e. The van der Waals surface area contributed by atoms with Gasteiger partial charge in [0.1, 0.15) is 5.75 Å². The van der Waals surface area contributed by atoms with Crippen LogP contribution in [0.1, 0.15) is 11.3 Å². The van der Waals surface area contributed by atoms with E-state index in [4.69, 9.17) is 5.73 Å². The molecule has 0 aliphatic heterocycles. The summed E-state index contributed by atoms with van der Waals surface area (Å²) in [6.45, 7) is 0. The molecule has 0 unspecified atom stereocenters. The number of H-pyrrole nitrogens is 2. The van der Waals surface area contributed by atoms with Gasteiger partial charge in [0.05, 0.1) is 22.1 Å². The van der Waals surface area contributed by atoms with Gasteiger partial charge in [-0.2, -0.15) is 5.10 Å². The summed E-state index contributed by atoms with van der Waals surface area (Å²) in [6.07, 6.45) is -4.65. The number of amides is 2. The van der Waals surface area contributed by atoms with Crippen LogP contribution in [-0.2, 0) is 6.42 Å². The van der Waals surface area contributed by atoms with E-state index in [-0.39, 0.29) is 29.2 Å². The van der Waals surface area contributed by atoms with Crippen LogP contribution in [0.3, 0.4) is 0 Å². The van der Waals surface area contributed by atoms with Crippen molar-refractivity contribution in [1.29, 1.82) is 0 Å². The van der Waals surface area contributed by atoms with Gasteiger partial charge >= 0.3 is 12.4 Å². The number of halogens is 3. The second-order valence-electron chi connectivity index (χ2n) is 7.91. The molecule has 5 rings (SSSR count). The number of rotatable bonds is 5. The average Bonchev–Trinajstić information content (AvgIpc) is 3.22. The summed E-state index contributed by atoms with van der Waals surface area (Å²) in [7, 11) is 0. The molecule has 2 aromatic heterocycles. The summed E-state index contributed by atoms with van der Waals surface area (Å²) < 4.78 is 43.7. The number of benzene rings is 3. The van der Waals surface area contributed by atoms with Crippen molar-refractivity contribution in [2.24, 2.45) is 5.73 Å². The highest BCUT2D eigenvalue weighted by molar-refractivity contribution is 5.90. The van der Waals surface area contributed by atoms with Crippen LogP contribution in [0.2, 0.25) is 0 Å². The third-order valence-corrected chi connectivity index (χ3v) is 5.45. The fourth-order valence-corrected chi connectivity index (χ4v) is 3.98. The lowest BCUT2D eigenvalue weighted by molar-refractivity contribution is -0.274. The van der Waals surface area contributed by atoms with Crippen molar-refractivity contribution in [3.63, 3.8) is 0 Å². The molecule has 0 saturated carbocycles. The number of nitrogens with two attached hydrogens (primary N) is 1. The highest BCUT2D eigenvalue weighted by Crippen LogP contribution is 2.36. The molecule has 0 aliphatic carbocycles. The number of carbonyl (C=O) groups is 1. The topological polar surface area (TPSA) is 139 Å². The largest absolute Gasteiger partial charge is 0.573 e. The Morgan fingerprint density at radius 2 is 1.83 bits per heavy atom. The van der Waals surface area contributed by atoms with Gasteiger partial charge in [0.25, 0.3) is 5.56 Å². The normalized spacial score (nSPS) is 11.6. The number of anilines is 1. The molecule has 0 spiro atoms. The lowest BCUT2D eigenvalue weighted by Gasteiger charge is -2.15. The Labute approximate surface area is 200 Å². The molecule has 5 aromatic rings. The summed E-state index contributed by atoms with van der Waals surface area (Å²) in [5, 5.41) is 10.0. The molecule has 182 valence electrons. The van der Waals surface area contributed by atoms with Crippen molar-refractivity contribution in [2.75, 3.05) is 5.32 Å². The van der Waals surface area contributed by atoms with Crippen LogP contribution in [-0.4, -0.2) is 32.6 Å². The minimum Gasteiger partial charge on any atom is -0.405 e. The smallest absolute Gasteiger partial charge is 0.405 e. The predicted octanol–water partition coefficient (Wildman–Crippen LogP) is 4.45. The first kappa shape index (κ1) is 22.9. The van der Waals surface area contributed by atoms with E-state index in [0.29, 0.717) is 38.6 Å². The van der Waals surface area contributed by atoms with Gasteiger partial charge in [0.15, 0.2) is 0 Å². The van der Waals surface area contributed by atoms with Crippen LogP contribution < -0.4 is 21.3 Å². The van der Waals surface area contributed by atoms with Crippen molar-refractivity contribution >= 4 is 33.8 Å². The minimum absolute atomic E-state index is 0.103. The van der Waals surface area contributed by atoms with E-state index in [1.54, 1.807) is 48.5 Å². The molecule has 0 atom stereocenters. The summed E-state index contributed by atoms with van der Waals surface area (Å²) >= 11 is 0. The van der Waals surface area contributed by atoms with E-state index in [2.05, 4.69) is 30.2 Å². The number of ether oxygens (including phenoxy) is 1. The molecule has 0 fully saturated rings. The van der Waals surface area contributed by atoms with Crippen LogP contribution in [0, 0.1) is 0 Å². The zero-order valence-corrected chi connectivity index (χ0v) is 18.3. The number of urea groups is 1. The summed E-state index contributed by atoms with van der Waals surface area (Å²) in [6, 6.07) is 15.2. The van der Waals surface area contributed by atoms with Gasteiger partial charge in [-0.15, -0.1) is 13.2 Å². The van der Waals surface area contributed by atoms with Gasteiger partial charge < -0.3 is 15.5 Å². The van der Waals surface area contributed by atoms with E-state index in [0.717, 1.165) is 0 Å². The third-order valence-electron chi connectivity index (χ3n) is 5.45. The van der Waals surface area contributed by atoms with Crippen molar-refractivity contribution in [2.45, 2.75) is 12.8 Å². The molecule has 0 radical (unpaired) electrons. The number of carbonyl (C=O) groups excluding carboxylic acids is 1. The molecule has 12 heteroatoms. The number of nitrogens with one attached hydrogen (secondary N) is 3. The number of primary amides is 1. The van der Waals surface area contributed by atoms with E-state index in [1.165, 1.54) is 12.1 Å². The van der Waals surface area contributed by atoms with Crippen molar-refractivity contribution < 1.29 is 22.7 Å². The SMILES string of the molecule is NC(=O)Nc1nc2ccc(-c3cc(Cc4n[nH]c(=O)c5ccccc45)ccc3OC(F)(F)F)cc2[nH]1. The van der Waals surface area contributed by atoms with Crippen LogP contribution in [0.15, 0.2) is 65.5 Å². The number of alkyl halides is 3. The van der Waals surface area contributed by atoms with Crippen molar-refractivity contribution in [3.05, 3.63) is 82.3 Å². The zero-order valence-electron chi connectivity index (χ0n) is 18.3. The predicted molar refractivity (Wildman–Crippen MR) is 127 cm³/mol. The molecule has 5 N–H and O–H groups in total. The molecule has 0 saturated heterocycles.